The molecule has 0 saturated carbocycles. The molecule has 21 heavy (non-hydrogen) atoms. The Kier molecular flexibility index (Phi) is 7.32. The monoisotopic (exact) mass is 294 g/mol. The fraction of sp³-hybridized carbons (Fsp3) is 0.625. The first-order chi connectivity index (χ1) is 9.99. The molecule has 0 radical (unpaired) electrons. The number of aryl methyl sites for hydroxylation is 1. The zero-order chi connectivity index (χ0) is 15.8. The van der Waals surface area contributed by atoms with Crippen LogP contribution in [0.4, 0.5) is 5.69 Å². The Morgan fingerprint density at radius 2 is 2.10 bits per heavy atom. The van der Waals surface area contributed by atoms with Gasteiger partial charge >= 0.3 is 0 Å². The number of nitrogens with zero attached hydrogens (tertiary/aromatic N) is 1. The predicted molar refractivity (Wildman–Crippen MR) is 84.4 cm³/mol. The molecule has 0 aromatic heterocycles. The summed E-state index contributed by atoms with van der Waals surface area (Å²) in [6, 6.07) is 5.43. The van der Waals surface area contributed by atoms with Gasteiger partial charge in [0.2, 0.25) is 0 Å². The number of hydrogen-bond acceptors (Lipinski definition) is 4. The minimum absolute atomic E-state index is 0.0577. The van der Waals surface area contributed by atoms with Crippen LogP contribution in [0.3, 0.4) is 0 Å². The molecule has 1 aromatic rings. The lowest BCUT2D eigenvalue weighted by molar-refractivity contribution is -0.385. The number of nitrogens with one attached hydrogen (secondary N) is 1. The molecule has 2 unspecified atom stereocenters. The van der Waals surface area contributed by atoms with Crippen molar-refractivity contribution in [1.29, 1.82) is 0 Å². The van der Waals surface area contributed by atoms with Crippen LogP contribution in [0, 0.1) is 23.0 Å². The van der Waals surface area contributed by atoms with Gasteiger partial charge in [-0.1, -0.05) is 25.5 Å². The first-order valence-electron chi connectivity index (χ1n) is 7.58. The molecule has 1 aromatic carbocycles. The molecule has 0 heterocycles. The van der Waals surface area contributed by atoms with E-state index < -0.39 is 0 Å². The largest absolute Gasteiger partial charge is 0.396 e. The molecule has 0 aliphatic carbocycles. The lowest BCUT2D eigenvalue weighted by Crippen LogP contribution is -2.26. The Balaban J connectivity index is 2.68. The first-order valence-corrected chi connectivity index (χ1v) is 7.58. The highest BCUT2D eigenvalue weighted by Gasteiger charge is 2.15. The number of nitro groups is 1. The van der Waals surface area contributed by atoms with Crippen LogP contribution in [-0.4, -0.2) is 23.2 Å². The fourth-order valence-electron chi connectivity index (χ4n) is 2.49. The predicted octanol–water partition coefficient (Wildman–Crippen LogP) is 3.35. The van der Waals surface area contributed by atoms with Gasteiger partial charge in [0.05, 0.1) is 4.92 Å². The number of benzene rings is 1. The Labute approximate surface area is 126 Å². The van der Waals surface area contributed by atoms with E-state index in [9.17, 15) is 10.1 Å². The molecule has 0 fully saturated rings. The van der Waals surface area contributed by atoms with E-state index in [4.69, 9.17) is 5.11 Å². The molecule has 2 atom stereocenters. The van der Waals surface area contributed by atoms with E-state index in [1.807, 2.05) is 13.0 Å². The van der Waals surface area contributed by atoms with E-state index >= 15 is 0 Å². The zero-order valence-electron chi connectivity index (χ0n) is 13.1. The van der Waals surface area contributed by atoms with Crippen molar-refractivity contribution in [2.24, 2.45) is 5.92 Å². The van der Waals surface area contributed by atoms with Crippen molar-refractivity contribution in [3.8, 4) is 0 Å². The van der Waals surface area contributed by atoms with E-state index in [1.54, 1.807) is 19.1 Å². The molecule has 0 spiro atoms. The van der Waals surface area contributed by atoms with Gasteiger partial charge in [0.1, 0.15) is 0 Å². The quantitative estimate of drug-likeness (QED) is 0.541. The van der Waals surface area contributed by atoms with Crippen molar-refractivity contribution in [2.75, 3.05) is 13.2 Å². The average Bonchev–Trinajstić information content (AvgIpc) is 2.45. The molecular weight excluding hydrogens is 268 g/mol. The lowest BCUT2D eigenvalue weighted by atomic mass is 9.99. The van der Waals surface area contributed by atoms with Crippen molar-refractivity contribution in [3.63, 3.8) is 0 Å². The van der Waals surface area contributed by atoms with Gasteiger partial charge in [-0.05, 0) is 44.7 Å². The molecule has 1 rings (SSSR count). The van der Waals surface area contributed by atoms with E-state index in [1.165, 1.54) is 0 Å². The summed E-state index contributed by atoms with van der Waals surface area (Å²) in [5.41, 5.74) is 1.77. The highest BCUT2D eigenvalue weighted by molar-refractivity contribution is 5.43. The van der Waals surface area contributed by atoms with Gasteiger partial charge in [0.15, 0.2) is 0 Å². The Hall–Kier alpha value is -1.46. The minimum Gasteiger partial charge on any atom is -0.396 e. The average molecular weight is 294 g/mol. The van der Waals surface area contributed by atoms with Gasteiger partial charge in [0.25, 0.3) is 5.69 Å². The standard InChI is InChI=1S/C16H26N2O3/c1-4-5-14(8-9-19)11-17-13(3)15-7-6-12(2)16(10-15)18(20)21/h6-7,10,13-14,17,19H,4-5,8-9,11H2,1-3H3. The van der Waals surface area contributed by atoms with E-state index in [2.05, 4.69) is 12.2 Å². The van der Waals surface area contributed by atoms with Crippen molar-refractivity contribution in [1.82, 2.24) is 5.32 Å². The van der Waals surface area contributed by atoms with Gasteiger partial charge in [0, 0.05) is 24.3 Å². The second kappa shape index (κ2) is 8.74. The van der Waals surface area contributed by atoms with Gasteiger partial charge < -0.3 is 10.4 Å². The molecule has 2 N–H and O–H groups in total. The second-order valence-corrected chi connectivity index (χ2v) is 5.60. The number of aliphatic hydroxyl groups is 1. The SMILES string of the molecule is CCCC(CCO)CNC(C)c1ccc(C)c([N+](=O)[O-])c1. The van der Waals surface area contributed by atoms with Crippen LogP contribution in [0.1, 0.15) is 50.3 Å². The first kappa shape index (κ1) is 17.6. The summed E-state index contributed by atoms with van der Waals surface area (Å²) >= 11 is 0. The van der Waals surface area contributed by atoms with Crippen molar-refractivity contribution in [2.45, 2.75) is 46.1 Å². The van der Waals surface area contributed by atoms with E-state index in [0.29, 0.717) is 11.5 Å². The highest BCUT2D eigenvalue weighted by atomic mass is 16.6. The fourth-order valence-corrected chi connectivity index (χ4v) is 2.49. The molecule has 0 aliphatic heterocycles. The number of aliphatic hydroxyl groups excluding tert-OH is 1. The van der Waals surface area contributed by atoms with Gasteiger partial charge in [-0.25, -0.2) is 0 Å². The molecule has 118 valence electrons. The molecule has 0 aliphatic rings. The highest BCUT2D eigenvalue weighted by Crippen LogP contribution is 2.23. The van der Waals surface area contributed by atoms with Crippen LogP contribution in [0.2, 0.25) is 0 Å². The Morgan fingerprint density at radius 3 is 2.67 bits per heavy atom. The number of hydrogen-bond donors (Lipinski definition) is 2. The van der Waals surface area contributed by atoms with E-state index in [-0.39, 0.29) is 23.3 Å². The van der Waals surface area contributed by atoms with Gasteiger partial charge in [-0.15, -0.1) is 0 Å². The zero-order valence-corrected chi connectivity index (χ0v) is 13.1. The minimum atomic E-state index is -0.336. The Bertz CT molecular complexity index is 457. The van der Waals surface area contributed by atoms with Gasteiger partial charge in [-0.3, -0.25) is 10.1 Å². The van der Waals surface area contributed by atoms with Crippen molar-refractivity contribution >= 4 is 5.69 Å². The number of nitro benzene ring substituents is 1. The normalized spacial score (nSPS) is 13.9. The summed E-state index contributed by atoms with van der Waals surface area (Å²) in [5.74, 6) is 0.447. The van der Waals surface area contributed by atoms with Crippen LogP contribution in [0.5, 0.6) is 0 Å². The van der Waals surface area contributed by atoms with Crippen molar-refractivity contribution in [3.05, 3.63) is 39.4 Å². The lowest BCUT2D eigenvalue weighted by Gasteiger charge is -2.20. The molecule has 5 heteroatoms. The summed E-state index contributed by atoms with van der Waals surface area (Å²) in [7, 11) is 0. The van der Waals surface area contributed by atoms with Crippen LogP contribution in [-0.2, 0) is 0 Å². The van der Waals surface area contributed by atoms with Crippen LogP contribution in [0.15, 0.2) is 18.2 Å². The van der Waals surface area contributed by atoms with Crippen LogP contribution < -0.4 is 5.32 Å². The number of rotatable bonds is 9. The second-order valence-electron chi connectivity index (χ2n) is 5.60. The topological polar surface area (TPSA) is 75.4 Å². The molecule has 0 saturated heterocycles. The summed E-state index contributed by atoms with van der Waals surface area (Å²) < 4.78 is 0. The van der Waals surface area contributed by atoms with E-state index in [0.717, 1.165) is 31.4 Å². The third-order valence-corrected chi connectivity index (χ3v) is 3.88. The van der Waals surface area contributed by atoms with Crippen molar-refractivity contribution < 1.29 is 10.0 Å². The van der Waals surface area contributed by atoms with Crippen LogP contribution >= 0.6 is 0 Å². The molecule has 5 nitrogen and oxygen atoms in total. The maximum absolute atomic E-state index is 11.0. The van der Waals surface area contributed by atoms with Crippen LogP contribution in [0.25, 0.3) is 0 Å². The van der Waals surface area contributed by atoms with Gasteiger partial charge in [-0.2, -0.15) is 0 Å². The molecule has 0 amide bonds. The Morgan fingerprint density at radius 1 is 1.38 bits per heavy atom. The molecular formula is C16H26N2O3. The molecule has 0 bridgehead atoms. The maximum atomic E-state index is 11.0. The summed E-state index contributed by atoms with van der Waals surface area (Å²) in [5, 5.41) is 23.5. The summed E-state index contributed by atoms with van der Waals surface area (Å²) in [6.45, 7) is 6.92. The third kappa shape index (κ3) is 5.44. The summed E-state index contributed by atoms with van der Waals surface area (Å²) in [6.07, 6.45) is 2.96. The smallest absolute Gasteiger partial charge is 0.272 e. The summed E-state index contributed by atoms with van der Waals surface area (Å²) in [4.78, 5) is 10.7. The third-order valence-electron chi connectivity index (χ3n) is 3.88. The maximum Gasteiger partial charge on any atom is 0.272 e.